The number of sulfone groups is 1. The quantitative estimate of drug-likeness (QED) is 0.909. The molecule has 0 saturated carbocycles. The van der Waals surface area contributed by atoms with E-state index >= 15 is 0 Å². The van der Waals surface area contributed by atoms with E-state index in [1.54, 1.807) is 18.3 Å². The molecule has 0 unspecified atom stereocenters. The van der Waals surface area contributed by atoms with Crippen LogP contribution in [-0.4, -0.2) is 37.2 Å². The van der Waals surface area contributed by atoms with Crippen LogP contribution in [0.5, 0.6) is 0 Å². The molecule has 1 N–H and O–H groups in total. The monoisotopic (exact) mass is 272 g/mol. The van der Waals surface area contributed by atoms with Crippen LogP contribution >= 0.6 is 11.8 Å². The highest BCUT2D eigenvalue weighted by Crippen LogP contribution is 2.21. The Bertz CT molecular complexity index is 465. The zero-order valence-corrected chi connectivity index (χ0v) is 11.4. The molecule has 1 aliphatic heterocycles. The second-order valence-corrected chi connectivity index (χ2v) is 7.38. The Morgan fingerprint density at radius 2 is 2.06 bits per heavy atom. The minimum atomic E-state index is -3.19. The van der Waals surface area contributed by atoms with Gasteiger partial charge < -0.3 is 5.32 Å². The van der Waals surface area contributed by atoms with Crippen molar-refractivity contribution in [1.29, 1.82) is 0 Å². The normalized spacial score (nSPS) is 17.9. The van der Waals surface area contributed by atoms with E-state index in [0.717, 1.165) is 18.5 Å². The number of aromatic nitrogens is 1. The third-order valence-corrected chi connectivity index (χ3v) is 4.76. The van der Waals surface area contributed by atoms with E-state index in [1.165, 1.54) is 17.8 Å². The average Bonchev–Trinajstić information content (AvgIpc) is 2.30. The summed E-state index contributed by atoms with van der Waals surface area (Å²) in [5.74, 6) is 2.37. The minimum Gasteiger partial charge on any atom is -0.381 e. The Balaban J connectivity index is 2.03. The van der Waals surface area contributed by atoms with E-state index in [4.69, 9.17) is 0 Å². The molecule has 2 heterocycles. The molecule has 17 heavy (non-hydrogen) atoms. The fraction of sp³-hybridized carbons (Fsp3) is 0.545. The molecular weight excluding hydrogens is 256 g/mol. The Kier molecular flexibility index (Phi) is 3.93. The number of thioether (sulfide) groups is 1. The van der Waals surface area contributed by atoms with Gasteiger partial charge in [-0.05, 0) is 36.5 Å². The van der Waals surface area contributed by atoms with Crippen LogP contribution in [0.4, 0.5) is 5.69 Å². The van der Waals surface area contributed by atoms with Crippen molar-refractivity contribution in [3.8, 4) is 0 Å². The first-order valence-electron chi connectivity index (χ1n) is 5.56. The molecule has 0 aromatic carbocycles. The van der Waals surface area contributed by atoms with Gasteiger partial charge in [0.1, 0.15) is 0 Å². The average molecular weight is 272 g/mol. The second-order valence-electron chi connectivity index (χ2n) is 4.19. The van der Waals surface area contributed by atoms with Gasteiger partial charge in [-0.1, -0.05) is 0 Å². The lowest BCUT2D eigenvalue weighted by atomic mass is 10.1. The molecule has 0 atom stereocenters. The first-order chi connectivity index (χ1) is 8.05. The van der Waals surface area contributed by atoms with E-state index in [1.807, 2.05) is 11.8 Å². The maximum absolute atomic E-state index is 11.2. The van der Waals surface area contributed by atoms with E-state index in [9.17, 15) is 8.42 Å². The molecule has 4 nitrogen and oxygen atoms in total. The van der Waals surface area contributed by atoms with Gasteiger partial charge in [0, 0.05) is 12.3 Å². The van der Waals surface area contributed by atoms with Crippen molar-refractivity contribution in [2.75, 3.05) is 23.1 Å². The molecule has 94 valence electrons. The first-order valence-corrected chi connectivity index (χ1v) is 8.61. The number of hydrogen-bond acceptors (Lipinski definition) is 5. The molecule has 1 aromatic rings. The van der Waals surface area contributed by atoms with Gasteiger partial charge in [0.05, 0.1) is 11.9 Å². The van der Waals surface area contributed by atoms with Gasteiger partial charge >= 0.3 is 0 Å². The molecule has 1 aromatic heterocycles. The number of pyridine rings is 1. The summed E-state index contributed by atoms with van der Waals surface area (Å²) < 4.78 is 22.5. The van der Waals surface area contributed by atoms with Crippen LogP contribution in [0.25, 0.3) is 0 Å². The zero-order chi connectivity index (χ0) is 12.3. The molecule has 1 aliphatic rings. The highest BCUT2D eigenvalue weighted by atomic mass is 32.2. The van der Waals surface area contributed by atoms with Crippen molar-refractivity contribution in [1.82, 2.24) is 4.98 Å². The van der Waals surface area contributed by atoms with E-state index in [-0.39, 0.29) is 5.03 Å². The summed E-state index contributed by atoms with van der Waals surface area (Å²) in [6.07, 6.45) is 5.07. The van der Waals surface area contributed by atoms with E-state index in [2.05, 4.69) is 10.3 Å². The summed E-state index contributed by atoms with van der Waals surface area (Å²) in [6.45, 7) is 0. The van der Waals surface area contributed by atoms with Gasteiger partial charge in [-0.2, -0.15) is 11.8 Å². The lowest BCUT2D eigenvalue weighted by Crippen LogP contribution is -2.24. The largest absolute Gasteiger partial charge is 0.381 e. The van der Waals surface area contributed by atoms with Crippen LogP contribution in [-0.2, 0) is 9.84 Å². The highest BCUT2D eigenvalue weighted by molar-refractivity contribution is 7.99. The summed E-state index contributed by atoms with van der Waals surface area (Å²) in [4.78, 5) is 3.96. The van der Waals surface area contributed by atoms with Gasteiger partial charge in [-0.25, -0.2) is 13.4 Å². The van der Waals surface area contributed by atoms with Crippen molar-refractivity contribution < 1.29 is 8.42 Å². The Morgan fingerprint density at radius 3 is 2.59 bits per heavy atom. The lowest BCUT2D eigenvalue weighted by Gasteiger charge is -2.23. The summed E-state index contributed by atoms with van der Waals surface area (Å²) in [7, 11) is -3.19. The van der Waals surface area contributed by atoms with Gasteiger partial charge in [-0.3, -0.25) is 0 Å². The number of hydrogen-bond donors (Lipinski definition) is 1. The molecule has 6 heteroatoms. The second kappa shape index (κ2) is 5.27. The topological polar surface area (TPSA) is 59.1 Å². The Morgan fingerprint density at radius 1 is 1.35 bits per heavy atom. The summed E-state index contributed by atoms with van der Waals surface area (Å²) in [5, 5.41) is 3.52. The highest BCUT2D eigenvalue weighted by Gasteiger charge is 2.14. The van der Waals surface area contributed by atoms with Crippen molar-refractivity contribution in [2.24, 2.45) is 0 Å². The number of nitrogens with zero attached hydrogens (tertiary/aromatic N) is 1. The van der Waals surface area contributed by atoms with E-state index in [0.29, 0.717) is 6.04 Å². The molecule has 0 spiro atoms. The Hall–Kier alpha value is -0.750. The maximum atomic E-state index is 11.2. The minimum absolute atomic E-state index is 0.127. The smallest absolute Gasteiger partial charge is 0.192 e. The van der Waals surface area contributed by atoms with Crippen LogP contribution < -0.4 is 5.32 Å². The molecule has 1 saturated heterocycles. The molecule has 2 rings (SSSR count). The molecular formula is C11H16N2O2S2. The van der Waals surface area contributed by atoms with E-state index < -0.39 is 9.84 Å². The van der Waals surface area contributed by atoms with Gasteiger partial charge in [0.15, 0.2) is 14.9 Å². The molecule has 0 radical (unpaired) electrons. The van der Waals surface area contributed by atoms with Crippen LogP contribution in [0.2, 0.25) is 0 Å². The fourth-order valence-electron chi connectivity index (χ4n) is 1.76. The van der Waals surface area contributed by atoms with Crippen LogP contribution in [0.3, 0.4) is 0 Å². The molecule has 1 fully saturated rings. The number of nitrogens with one attached hydrogen (secondary N) is 1. The molecule has 0 amide bonds. The van der Waals surface area contributed by atoms with Crippen LogP contribution in [0.1, 0.15) is 12.8 Å². The third kappa shape index (κ3) is 3.61. The summed E-state index contributed by atoms with van der Waals surface area (Å²) in [6, 6.07) is 3.82. The van der Waals surface area contributed by atoms with Crippen molar-refractivity contribution in [2.45, 2.75) is 23.9 Å². The van der Waals surface area contributed by atoms with Crippen LogP contribution in [0.15, 0.2) is 23.4 Å². The van der Waals surface area contributed by atoms with Crippen molar-refractivity contribution >= 4 is 27.3 Å². The zero-order valence-electron chi connectivity index (χ0n) is 9.72. The summed E-state index contributed by atoms with van der Waals surface area (Å²) in [5.41, 5.74) is 0.898. The number of rotatable bonds is 3. The van der Waals surface area contributed by atoms with Crippen LogP contribution in [0, 0.1) is 0 Å². The van der Waals surface area contributed by atoms with Gasteiger partial charge in [0.25, 0.3) is 0 Å². The van der Waals surface area contributed by atoms with Gasteiger partial charge in [0.2, 0.25) is 0 Å². The third-order valence-electron chi connectivity index (χ3n) is 2.71. The lowest BCUT2D eigenvalue weighted by molar-refractivity contribution is 0.598. The standard InChI is InChI=1S/C11H16N2O2S2/c1-17(14,15)11-3-2-10(8-12-11)13-9-4-6-16-7-5-9/h2-3,8-9,13H,4-7H2,1H3. The van der Waals surface area contributed by atoms with Gasteiger partial charge in [-0.15, -0.1) is 0 Å². The molecule has 0 aliphatic carbocycles. The summed E-state index contributed by atoms with van der Waals surface area (Å²) >= 11 is 1.98. The SMILES string of the molecule is CS(=O)(=O)c1ccc(NC2CCSCC2)cn1. The first kappa shape index (κ1) is 12.7. The van der Waals surface area contributed by atoms with Crippen molar-refractivity contribution in [3.63, 3.8) is 0 Å². The predicted octanol–water partition coefficient (Wildman–Crippen LogP) is 1.79. The van der Waals surface area contributed by atoms with Crippen molar-refractivity contribution in [3.05, 3.63) is 18.3 Å². The maximum Gasteiger partial charge on any atom is 0.192 e. The molecule has 0 bridgehead atoms. The number of anilines is 1. The Labute approximate surface area is 106 Å². The fourth-order valence-corrected chi connectivity index (χ4v) is 3.43. The predicted molar refractivity (Wildman–Crippen MR) is 71.3 cm³/mol.